The van der Waals surface area contributed by atoms with Gasteiger partial charge >= 0.3 is 0 Å². The molecule has 0 unspecified atom stereocenters. The van der Waals surface area contributed by atoms with Gasteiger partial charge in [0.05, 0.1) is 34.7 Å². The number of rotatable bonds is 6. The van der Waals surface area contributed by atoms with Crippen molar-refractivity contribution < 1.29 is 0 Å². The first-order valence-electron chi connectivity index (χ1n) is 8.65. The Hall–Kier alpha value is -2.63. The monoisotopic (exact) mass is 360 g/mol. The molecule has 4 rings (SSSR count). The summed E-state index contributed by atoms with van der Waals surface area (Å²) in [5, 5.41) is 7.92. The van der Waals surface area contributed by atoms with Crippen molar-refractivity contribution in [2.24, 2.45) is 0 Å². The van der Waals surface area contributed by atoms with Gasteiger partial charge in [0.25, 0.3) is 0 Å². The van der Waals surface area contributed by atoms with Gasteiger partial charge in [-0.15, -0.1) is 0 Å². The summed E-state index contributed by atoms with van der Waals surface area (Å²) >= 11 is 1.72. The summed E-state index contributed by atoms with van der Waals surface area (Å²) in [5.74, 6) is 0. The van der Waals surface area contributed by atoms with Crippen molar-refractivity contribution in [1.82, 2.24) is 20.3 Å². The van der Waals surface area contributed by atoms with E-state index < -0.39 is 0 Å². The second kappa shape index (κ2) is 7.72. The molecule has 3 heterocycles. The lowest BCUT2D eigenvalue weighted by molar-refractivity contribution is 0.514. The maximum absolute atomic E-state index is 4.71. The van der Waals surface area contributed by atoms with Crippen LogP contribution in [0.4, 0.5) is 0 Å². The first-order chi connectivity index (χ1) is 12.8. The Morgan fingerprint density at radius 2 is 1.88 bits per heavy atom. The predicted octanol–water partition coefficient (Wildman–Crippen LogP) is 4.47. The number of nitrogens with one attached hydrogen (secondary N) is 1. The van der Waals surface area contributed by atoms with E-state index in [1.54, 1.807) is 11.3 Å². The normalized spacial score (nSPS) is 12.3. The number of fused-ring (bicyclic) bond motifs is 1. The topological polar surface area (TPSA) is 50.7 Å². The van der Waals surface area contributed by atoms with Crippen LogP contribution in [0.15, 0.2) is 65.6 Å². The third kappa shape index (κ3) is 3.95. The van der Waals surface area contributed by atoms with Crippen LogP contribution in [0.25, 0.3) is 11.0 Å². The molecule has 0 radical (unpaired) electrons. The van der Waals surface area contributed by atoms with E-state index in [1.165, 1.54) is 11.1 Å². The Balaban J connectivity index is 1.54. The van der Waals surface area contributed by atoms with E-state index in [1.807, 2.05) is 36.7 Å². The van der Waals surface area contributed by atoms with Crippen molar-refractivity contribution in [3.63, 3.8) is 0 Å². The summed E-state index contributed by atoms with van der Waals surface area (Å²) in [4.78, 5) is 13.8. The standard InChI is InChI=1S/C21H20N4S/c1-15-6-7-19(22-11-15)21(10-16-8-9-26-14-16)24-13-17-12-23-18-4-2-3-5-20(18)25-17/h2-9,11-12,14,21,24H,10,13H2,1H3/t21-/m0/s1. The van der Waals surface area contributed by atoms with Crippen LogP contribution in [0.3, 0.4) is 0 Å². The Kier molecular flexibility index (Phi) is 5.00. The molecule has 3 aromatic heterocycles. The van der Waals surface area contributed by atoms with Crippen molar-refractivity contribution in [3.8, 4) is 0 Å². The predicted molar refractivity (Wildman–Crippen MR) is 106 cm³/mol. The van der Waals surface area contributed by atoms with Crippen LogP contribution in [-0.2, 0) is 13.0 Å². The zero-order chi connectivity index (χ0) is 17.8. The summed E-state index contributed by atoms with van der Waals surface area (Å²) in [7, 11) is 0. The lowest BCUT2D eigenvalue weighted by atomic mass is 10.0. The molecule has 0 aliphatic heterocycles. The van der Waals surface area contributed by atoms with Crippen LogP contribution in [0.5, 0.6) is 0 Å². The molecule has 130 valence electrons. The zero-order valence-electron chi connectivity index (χ0n) is 14.6. The van der Waals surface area contributed by atoms with Crippen LogP contribution in [-0.4, -0.2) is 15.0 Å². The molecule has 26 heavy (non-hydrogen) atoms. The highest BCUT2D eigenvalue weighted by Gasteiger charge is 2.14. The molecule has 0 amide bonds. The van der Waals surface area contributed by atoms with Crippen molar-refractivity contribution in [1.29, 1.82) is 0 Å². The molecule has 0 spiro atoms. The molecule has 5 heteroatoms. The van der Waals surface area contributed by atoms with Crippen LogP contribution in [0.1, 0.15) is 28.6 Å². The Labute approximate surface area is 157 Å². The molecular formula is C21H20N4S. The maximum Gasteiger partial charge on any atom is 0.0890 e. The minimum atomic E-state index is 0.137. The molecule has 1 atom stereocenters. The average molecular weight is 360 g/mol. The highest BCUT2D eigenvalue weighted by Crippen LogP contribution is 2.19. The molecule has 4 nitrogen and oxygen atoms in total. The highest BCUT2D eigenvalue weighted by molar-refractivity contribution is 7.07. The van der Waals surface area contributed by atoms with E-state index in [2.05, 4.69) is 51.2 Å². The average Bonchev–Trinajstić information content (AvgIpc) is 3.19. The Morgan fingerprint density at radius 1 is 1.00 bits per heavy atom. The Bertz CT molecular complexity index is 981. The van der Waals surface area contributed by atoms with E-state index in [4.69, 9.17) is 4.98 Å². The Morgan fingerprint density at radius 3 is 2.65 bits per heavy atom. The van der Waals surface area contributed by atoms with Gasteiger partial charge in [0, 0.05) is 12.7 Å². The molecule has 0 fully saturated rings. The molecule has 0 aliphatic rings. The second-order valence-electron chi connectivity index (χ2n) is 6.38. The summed E-state index contributed by atoms with van der Waals surface area (Å²) in [6.45, 7) is 2.71. The third-order valence-corrected chi connectivity index (χ3v) is 5.07. The van der Waals surface area contributed by atoms with Crippen molar-refractivity contribution in [2.75, 3.05) is 0 Å². The largest absolute Gasteiger partial charge is 0.303 e. The summed E-state index contributed by atoms with van der Waals surface area (Å²) < 4.78 is 0. The molecule has 0 bridgehead atoms. The molecular weight excluding hydrogens is 340 g/mol. The van der Waals surface area contributed by atoms with E-state index in [-0.39, 0.29) is 6.04 Å². The molecule has 4 aromatic rings. The SMILES string of the molecule is Cc1ccc([C@H](Cc2ccsc2)NCc2cnc3ccccc3n2)nc1. The molecule has 0 aliphatic carbocycles. The number of benzene rings is 1. The highest BCUT2D eigenvalue weighted by atomic mass is 32.1. The first kappa shape index (κ1) is 16.8. The van der Waals surface area contributed by atoms with Gasteiger partial charge in [0.1, 0.15) is 0 Å². The van der Waals surface area contributed by atoms with Crippen LogP contribution < -0.4 is 5.32 Å². The van der Waals surface area contributed by atoms with E-state index in [9.17, 15) is 0 Å². The smallest absolute Gasteiger partial charge is 0.0890 e. The zero-order valence-corrected chi connectivity index (χ0v) is 15.4. The number of hydrogen-bond donors (Lipinski definition) is 1. The first-order valence-corrected chi connectivity index (χ1v) is 9.60. The quantitative estimate of drug-likeness (QED) is 0.551. The second-order valence-corrected chi connectivity index (χ2v) is 7.16. The third-order valence-electron chi connectivity index (χ3n) is 4.34. The molecule has 1 aromatic carbocycles. The van der Waals surface area contributed by atoms with E-state index in [0.29, 0.717) is 6.54 Å². The lowest BCUT2D eigenvalue weighted by Gasteiger charge is -2.18. The van der Waals surface area contributed by atoms with Gasteiger partial charge in [-0.1, -0.05) is 18.2 Å². The number of hydrogen-bond acceptors (Lipinski definition) is 5. The van der Waals surface area contributed by atoms with Gasteiger partial charge in [0.15, 0.2) is 0 Å². The molecule has 0 saturated heterocycles. The van der Waals surface area contributed by atoms with Gasteiger partial charge in [0.2, 0.25) is 0 Å². The van der Waals surface area contributed by atoms with Gasteiger partial charge in [-0.3, -0.25) is 9.97 Å². The van der Waals surface area contributed by atoms with Gasteiger partial charge in [-0.2, -0.15) is 11.3 Å². The van der Waals surface area contributed by atoms with E-state index >= 15 is 0 Å². The number of para-hydroxylation sites is 2. The number of aromatic nitrogens is 3. The summed E-state index contributed by atoms with van der Waals surface area (Å²) in [5.41, 5.74) is 6.32. The number of aryl methyl sites for hydroxylation is 1. The number of pyridine rings is 1. The van der Waals surface area contributed by atoms with Crippen molar-refractivity contribution in [3.05, 3.63) is 88.1 Å². The van der Waals surface area contributed by atoms with E-state index in [0.717, 1.165) is 28.8 Å². The van der Waals surface area contributed by atoms with Crippen LogP contribution in [0.2, 0.25) is 0 Å². The fraction of sp³-hybridized carbons (Fsp3) is 0.190. The number of thiophene rings is 1. The lowest BCUT2D eigenvalue weighted by Crippen LogP contribution is -2.24. The van der Waals surface area contributed by atoms with Crippen LogP contribution in [0, 0.1) is 6.92 Å². The van der Waals surface area contributed by atoms with Crippen molar-refractivity contribution in [2.45, 2.75) is 25.9 Å². The minimum absolute atomic E-state index is 0.137. The van der Waals surface area contributed by atoms with Gasteiger partial charge in [-0.25, -0.2) is 4.98 Å². The molecule has 1 N–H and O–H groups in total. The van der Waals surface area contributed by atoms with Crippen LogP contribution >= 0.6 is 11.3 Å². The summed E-state index contributed by atoms with van der Waals surface area (Å²) in [6.07, 6.45) is 4.67. The maximum atomic E-state index is 4.71. The molecule has 0 saturated carbocycles. The number of nitrogens with zero attached hydrogens (tertiary/aromatic N) is 3. The minimum Gasteiger partial charge on any atom is -0.303 e. The fourth-order valence-electron chi connectivity index (χ4n) is 2.92. The van der Waals surface area contributed by atoms with Crippen molar-refractivity contribution >= 4 is 22.4 Å². The van der Waals surface area contributed by atoms with Gasteiger partial charge in [-0.05, 0) is 59.5 Å². The van der Waals surface area contributed by atoms with Gasteiger partial charge < -0.3 is 5.32 Å². The summed E-state index contributed by atoms with van der Waals surface area (Å²) in [6, 6.07) is 14.5. The fourth-order valence-corrected chi connectivity index (χ4v) is 3.60.